The van der Waals surface area contributed by atoms with E-state index in [0.29, 0.717) is 0 Å². The van der Waals surface area contributed by atoms with Gasteiger partial charge in [-0.15, -0.1) is 0 Å². The first kappa shape index (κ1) is 12.9. The van der Waals surface area contributed by atoms with Crippen LogP contribution in [-0.2, 0) is 0 Å². The molecular weight excluding hydrogens is 220 g/mol. The van der Waals surface area contributed by atoms with E-state index in [4.69, 9.17) is 0 Å². The SMILES string of the molecule is C[Si](C)(C)C1([Si](C)(C)C)CCCCS1. The standard InChI is InChI=1S/C11H26SSi2/c1-13(2,3)11(14(4,5)6)9-7-8-10-12-11/h7-10H2,1-6H3. The van der Waals surface area contributed by atoms with E-state index in [2.05, 4.69) is 51.0 Å². The van der Waals surface area contributed by atoms with Gasteiger partial charge in [0.2, 0.25) is 0 Å². The summed E-state index contributed by atoms with van der Waals surface area (Å²) in [6.45, 7) is 15.5. The van der Waals surface area contributed by atoms with E-state index < -0.39 is 16.1 Å². The summed E-state index contributed by atoms with van der Waals surface area (Å²) < 4.78 is 0.748. The smallest absolute Gasteiger partial charge is 0.0591 e. The molecule has 14 heavy (non-hydrogen) atoms. The summed E-state index contributed by atoms with van der Waals surface area (Å²) in [6, 6.07) is 0. The van der Waals surface area contributed by atoms with E-state index in [-0.39, 0.29) is 0 Å². The Labute approximate surface area is 96.3 Å². The second kappa shape index (κ2) is 3.98. The summed E-state index contributed by atoms with van der Waals surface area (Å²) in [5.74, 6) is 1.43. The van der Waals surface area contributed by atoms with Gasteiger partial charge in [-0.3, -0.25) is 0 Å². The molecule has 0 aromatic heterocycles. The number of hydrogen-bond acceptors (Lipinski definition) is 1. The van der Waals surface area contributed by atoms with Crippen molar-refractivity contribution in [3.63, 3.8) is 0 Å². The molecule has 1 aliphatic heterocycles. The van der Waals surface area contributed by atoms with Crippen molar-refractivity contribution in [2.24, 2.45) is 0 Å². The van der Waals surface area contributed by atoms with Crippen molar-refractivity contribution in [3.05, 3.63) is 0 Å². The highest BCUT2D eigenvalue weighted by atomic mass is 32.2. The van der Waals surface area contributed by atoms with Gasteiger partial charge >= 0.3 is 0 Å². The number of hydrogen-bond donors (Lipinski definition) is 0. The summed E-state index contributed by atoms with van der Waals surface area (Å²) in [4.78, 5) is 0. The lowest BCUT2D eigenvalue weighted by Gasteiger charge is -2.53. The molecule has 0 aromatic rings. The average Bonchev–Trinajstić information content (AvgIpc) is 2.02. The molecule has 1 heterocycles. The molecular formula is C11H26SSi2. The Hall–Kier alpha value is 0.784. The Morgan fingerprint density at radius 3 is 1.57 bits per heavy atom. The Bertz CT molecular complexity index is 178. The fourth-order valence-corrected chi connectivity index (χ4v) is 19.0. The summed E-state index contributed by atoms with van der Waals surface area (Å²) in [7, 11) is -2.03. The summed E-state index contributed by atoms with van der Waals surface area (Å²) in [5, 5.41) is 0. The van der Waals surface area contributed by atoms with Crippen molar-refractivity contribution in [2.75, 3.05) is 5.75 Å². The monoisotopic (exact) mass is 246 g/mol. The lowest BCUT2D eigenvalue weighted by molar-refractivity contribution is 0.692. The highest BCUT2D eigenvalue weighted by Crippen LogP contribution is 2.49. The maximum Gasteiger partial charge on any atom is 0.0591 e. The molecule has 0 radical (unpaired) electrons. The normalized spacial score (nSPS) is 23.6. The summed E-state index contributed by atoms with van der Waals surface area (Å²) >= 11 is 2.35. The molecule has 1 aliphatic rings. The van der Waals surface area contributed by atoms with Gasteiger partial charge in [-0.1, -0.05) is 45.7 Å². The zero-order chi connectivity index (χ0) is 11.0. The van der Waals surface area contributed by atoms with Crippen molar-refractivity contribution in [2.45, 2.75) is 62.5 Å². The van der Waals surface area contributed by atoms with Gasteiger partial charge < -0.3 is 0 Å². The van der Waals surface area contributed by atoms with Gasteiger partial charge in [0, 0.05) is 3.99 Å². The van der Waals surface area contributed by atoms with Crippen LogP contribution in [0.5, 0.6) is 0 Å². The third kappa shape index (κ3) is 2.14. The van der Waals surface area contributed by atoms with Crippen molar-refractivity contribution in [1.29, 1.82) is 0 Å². The second-order valence-electron chi connectivity index (χ2n) is 6.63. The van der Waals surface area contributed by atoms with Crippen LogP contribution in [0.1, 0.15) is 19.3 Å². The first-order valence-electron chi connectivity index (χ1n) is 5.85. The molecule has 0 atom stereocenters. The minimum Gasteiger partial charge on any atom is -0.161 e. The molecule has 1 rings (SSSR count). The quantitative estimate of drug-likeness (QED) is 0.651. The Balaban J connectivity index is 3.01. The van der Waals surface area contributed by atoms with Gasteiger partial charge in [0.15, 0.2) is 0 Å². The molecule has 1 saturated heterocycles. The first-order chi connectivity index (χ1) is 6.21. The Kier molecular flexibility index (Phi) is 3.66. The van der Waals surface area contributed by atoms with Crippen LogP contribution in [0.25, 0.3) is 0 Å². The molecule has 0 nitrogen and oxygen atoms in total. The first-order valence-corrected chi connectivity index (χ1v) is 13.8. The molecule has 0 amide bonds. The predicted molar refractivity (Wildman–Crippen MR) is 75.7 cm³/mol. The van der Waals surface area contributed by atoms with Crippen LogP contribution in [0.4, 0.5) is 0 Å². The van der Waals surface area contributed by atoms with E-state index in [1.165, 1.54) is 25.0 Å². The Morgan fingerprint density at radius 1 is 0.857 bits per heavy atom. The topological polar surface area (TPSA) is 0 Å². The second-order valence-corrected chi connectivity index (χ2v) is 20.0. The molecule has 1 fully saturated rings. The zero-order valence-corrected chi connectivity index (χ0v) is 13.6. The number of thioether (sulfide) groups is 1. The van der Waals surface area contributed by atoms with Gasteiger partial charge in [0.25, 0.3) is 0 Å². The van der Waals surface area contributed by atoms with Crippen molar-refractivity contribution in [1.82, 2.24) is 0 Å². The molecule has 84 valence electrons. The van der Waals surface area contributed by atoms with E-state index >= 15 is 0 Å². The van der Waals surface area contributed by atoms with E-state index in [1.54, 1.807) is 0 Å². The van der Waals surface area contributed by atoms with E-state index in [9.17, 15) is 0 Å². The van der Waals surface area contributed by atoms with Crippen LogP contribution in [0.2, 0.25) is 39.3 Å². The third-order valence-electron chi connectivity index (χ3n) is 3.69. The van der Waals surface area contributed by atoms with E-state index in [0.717, 1.165) is 3.99 Å². The maximum absolute atomic E-state index is 2.59. The summed E-state index contributed by atoms with van der Waals surface area (Å²) in [5.41, 5.74) is 0. The van der Waals surface area contributed by atoms with Gasteiger partial charge in [0.1, 0.15) is 0 Å². The highest BCUT2D eigenvalue weighted by Gasteiger charge is 2.53. The van der Waals surface area contributed by atoms with Crippen LogP contribution >= 0.6 is 11.8 Å². The van der Waals surface area contributed by atoms with Gasteiger partial charge in [-0.05, 0) is 18.6 Å². The van der Waals surface area contributed by atoms with Crippen molar-refractivity contribution >= 4 is 27.9 Å². The summed E-state index contributed by atoms with van der Waals surface area (Å²) in [6.07, 6.45) is 4.46. The number of rotatable bonds is 2. The fraction of sp³-hybridized carbons (Fsp3) is 1.00. The van der Waals surface area contributed by atoms with Gasteiger partial charge in [-0.25, -0.2) is 0 Å². The molecule has 0 bridgehead atoms. The molecule has 0 aromatic carbocycles. The lowest BCUT2D eigenvalue weighted by Crippen LogP contribution is -2.65. The third-order valence-corrected chi connectivity index (χ3v) is 19.3. The molecule has 3 heteroatoms. The fourth-order valence-electron chi connectivity index (χ4n) is 3.10. The van der Waals surface area contributed by atoms with E-state index in [1.807, 2.05) is 0 Å². The van der Waals surface area contributed by atoms with Crippen LogP contribution < -0.4 is 0 Å². The molecule has 0 saturated carbocycles. The van der Waals surface area contributed by atoms with Crippen LogP contribution in [0.15, 0.2) is 0 Å². The van der Waals surface area contributed by atoms with Gasteiger partial charge in [-0.2, -0.15) is 11.8 Å². The minimum atomic E-state index is -1.02. The van der Waals surface area contributed by atoms with Crippen molar-refractivity contribution < 1.29 is 0 Å². The molecule has 0 aliphatic carbocycles. The highest BCUT2D eigenvalue weighted by molar-refractivity contribution is 8.04. The van der Waals surface area contributed by atoms with Crippen LogP contribution in [0.3, 0.4) is 0 Å². The van der Waals surface area contributed by atoms with Gasteiger partial charge in [0.05, 0.1) is 16.1 Å². The lowest BCUT2D eigenvalue weighted by atomic mass is 10.3. The zero-order valence-electron chi connectivity index (χ0n) is 10.7. The Morgan fingerprint density at radius 2 is 1.36 bits per heavy atom. The largest absolute Gasteiger partial charge is 0.161 e. The minimum absolute atomic E-state index is 0.748. The van der Waals surface area contributed by atoms with Crippen LogP contribution in [0, 0.1) is 0 Å². The predicted octanol–water partition coefficient (Wildman–Crippen LogP) is 4.40. The maximum atomic E-state index is 2.59. The molecule has 0 spiro atoms. The van der Waals surface area contributed by atoms with Crippen LogP contribution in [-0.4, -0.2) is 25.9 Å². The average molecular weight is 247 g/mol. The van der Waals surface area contributed by atoms with Crippen molar-refractivity contribution in [3.8, 4) is 0 Å². The molecule has 0 N–H and O–H groups in total. The molecule has 0 unspecified atom stereocenters.